The summed E-state index contributed by atoms with van der Waals surface area (Å²) >= 11 is 5.91. The summed E-state index contributed by atoms with van der Waals surface area (Å²) in [6.45, 7) is 2.44. The lowest BCUT2D eigenvalue weighted by Crippen LogP contribution is -2.46. The molecule has 1 heterocycles. The van der Waals surface area contributed by atoms with Crippen LogP contribution in [0, 0.1) is 10.1 Å². The Kier molecular flexibility index (Phi) is 5.06. The highest BCUT2D eigenvalue weighted by Gasteiger charge is 2.30. The van der Waals surface area contributed by atoms with Crippen LogP contribution in [0.15, 0.2) is 47.4 Å². The van der Waals surface area contributed by atoms with Crippen LogP contribution in [0.2, 0.25) is 5.02 Å². The molecule has 1 fully saturated rings. The van der Waals surface area contributed by atoms with E-state index in [1.165, 1.54) is 6.07 Å². The van der Waals surface area contributed by atoms with Crippen molar-refractivity contribution in [1.82, 2.24) is 0 Å². The average Bonchev–Trinajstić information content (AvgIpc) is 2.61. The minimum atomic E-state index is -3.69. The lowest BCUT2D eigenvalue weighted by molar-refractivity contribution is -0.387. The molecule has 1 aliphatic heterocycles. The second-order valence-corrected chi connectivity index (χ2v) is 8.52. The molecule has 0 unspecified atom stereocenters. The molecule has 9 heteroatoms. The lowest BCUT2D eigenvalue weighted by atomic mass is 10.2. The molecule has 7 nitrogen and oxygen atoms in total. The van der Waals surface area contributed by atoms with Crippen LogP contribution in [0.25, 0.3) is 0 Å². The summed E-state index contributed by atoms with van der Waals surface area (Å²) in [6, 6.07) is 11.9. The molecule has 0 saturated carbocycles. The molecule has 0 spiro atoms. The summed E-state index contributed by atoms with van der Waals surface area (Å²) in [7, 11) is -3.69. The van der Waals surface area contributed by atoms with Gasteiger partial charge in [-0.05, 0) is 36.4 Å². The van der Waals surface area contributed by atoms with Gasteiger partial charge in [0.15, 0.2) is 9.84 Å². The van der Waals surface area contributed by atoms with Gasteiger partial charge in [0, 0.05) is 43.1 Å². The zero-order valence-corrected chi connectivity index (χ0v) is 15.7. The van der Waals surface area contributed by atoms with E-state index in [0.29, 0.717) is 36.9 Å². The van der Waals surface area contributed by atoms with E-state index in [-0.39, 0.29) is 10.6 Å². The lowest BCUT2D eigenvalue weighted by Gasteiger charge is -2.37. The van der Waals surface area contributed by atoms with Gasteiger partial charge in [0.2, 0.25) is 0 Å². The van der Waals surface area contributed by atoms with Crippen LogP contribution in [0.5, 0.6) is 0 Å². The van der Waals surface area contributed by atoms with Crippen LogP contribution >= 0.6 is 11.6 Å². The van der Waals surface area contributed by atoms with Crippen LogP contribution < -0.4 is 9.80 Å². The summed E-state index contributed by atoms with van der Waals surface area (Å²) < 4.78 is 23.8. The fraction of sp³-hybridized carbons (Fsp3) is 0.294. The predicted molar refractivity (Wildman–Crippen MR) is 102 cm³/mol. The predicted octanol–water partition coefficient (Wildman–Crippen LogP) is 2.98. The number of nitro groups is 1. The molecule has 0 atom stereocenters. The van der Waals surface area contributed by atoms with Crippen molar-refractivity contribution in [3.63, 3.8) is 0 Å². The standard InChI is InChI=1S/C17H18ClN3O4S/c1-26(24,25)16-4-2-3-15(17(16)21(22)23)20-11-9-19(10-12-20)14-7-5-13(18)6-8-14/h2-8H,9-12H2,1H3. The van der Waals surface area contributed by atoms with Crippen LogP contribution in [-0.4, -0.2) is 45.8 Å². The Morgan fingerprint density at radius 2 is 1.58 bits per heavy atom. The number of anilines is 2. The molecule has 0 amide bonds. The maximum Gasteiger partial charge on any atom is 0.311 e. The third-order valence-corrected chi connectivity index (χ3v) is 5.75. The molecule has 0 N–H and O–H groups in total. The number of nitrogens with zero attached hydrogens (tertiary/aromatic N) is 3. The maximum atomic E-state index is 11.9. The van der Waals surface area contributed by atoms with Crippen molar-refractivity contribution in [2.75, 3.05) is 42.2 Å². The van der Waals surface area contributed by atoms with E-state index in [0.717, 1.165) is 11.9 Å². The van der Waals surface area contributed by atoms with Gasteiger partial charge in [0.25, 0.3) is 0 Å². The molecule has 3 rings (SSSR count). The third kappa shape index (κ3) is 3.76. The van der Waals surface area contributed by atoms with Crippen molar-refractivity contribution in [2.45, 2.75) is 4.90 Å². The van der Waals surface area contributed by atoms with Crippen molar-refractivity contribution in [3.8, 4) is 0 Å². The fourth-order valence-electron chi connectivity index (χ4n) is 3.11. The van der Waals surface area contributed by atoms with Gasteiger partial charge in [-0.1, -0.05) is 17.7 Å². The first kappa shape index (κ1) is 18.5. The van der Waals surface area contributed by atoms with Crippen LogP contribution in [0.3, 0.4) is 0 Å². The fourth-order valence-corrected chi connectivity index (χ4v) is 4.09. The van der Waals surface area contributed by atoms with E-state index in [4.69, 9.17) is 11.6 Å². The van der Waals surface area contributed by atoms with Crippen molar-refractivity contribution in [2.24, 2.45) is 0 Å². The summed E-state index contributed by atoms with van der Waals surface area (Å²) in [5.74, 6) is 0. The first-order valence-corrected chi connectivity index (χ1v) is 10.3. The summed E-state index contributed by atoms with van der Waals surface area (Å²) in [6.07, 6.45) is 0.984. The normalized spacial score (nSPS) is 15.2. The van der Waals surface area contributed by atoms with Crippen LogP contribution in [0.1, 0.15) is 0 Å². The van der Waals surface area contributed by atoms with Gasteiger partial charge in [-0.3, -0.25) is 10.1 Å². The van der Waals surface area contributed by atoms with E-state index in [2.05, 4.69) is 4.90 Å². The van der Waals surface area contributed by atoms with Crippen LogP contribution in [-0.2, 0) is 9.84 Å². The number of hydrogen-bond donors (Lipinski definition) is 0. The molecular weight excluding hydrogens is 378 g/mol. The quantitative estimate of drug-likeness (QED) is 0.584. The van der Waals surface area contributed by atoms with Gasteiger partial charge in [-0.15, -0.1) is 0 Å². The smallest absolute Gasteiger partial charge is 0.311 e. The van der Waals surface area contributed by atoms with Gasteiger partial charge in [0.1, 0.15) is 10.6 Å². The van der Waals surface area contributed by atoms with Gasteiger partial charge in [-0.2, -0.15) is 0 Å². The number of hydrogen-bond acceptors (Lipinski definition) is 6. The van der Waals surface area contributed by atoms with Crippen LogP contribution in [0.4, 0.5) is 17.1 Å². The minimum absolute atomic E-state index is 0.250. The van der Waals surface area contributed by atoms with E-state index >= 15 is 0 Å². The average molecular weight is 396 g/mol. The summed E-state index contributed by atoms with van der Waals surface area (Å²) in [5.41, 5.74) is 1.03. The number of halogens is 1. The van der Waals surface area contributed by atoms with E-state index in [1.54, 1.807) is 12.1 Å². The Balaban J connectivity index is 1.85. The maximum absolute atomic E-state index is 11.9. The SMILES string of the molecule is CS(=O)(=O)c1cccc(N2CCN(c3ccc(Cl)cc3)CC2)c1[N+](=O)[O-]. The minimum Gasteiger partial charge on any atom is -0.368 e. The molecule has 0 aliphatic carbocycles. The first-order valence-electron chi connectivity index (χ1n) is 8.00. The van der Waals surface area contributed by atoms with E-state index in [1.807, 2.05) is 29.2 Å². The highest BCUT2D eigenvalue weighted by molar-refractivity contribution is 7.90. The Hall–Kier alpha value is -2.32. The monoisotopic (exact) mass is 395 g/mol. The molecule has 0 radical (unpaired) electrons. The number of para-hydroxylation sites is 1. The van der Waals surface area contributed by atoms with Crippen molar-refractivity contribution >= 4 is 38.5 Å². The van der Waals surface area contributed by atoms with Gasteiger partial charge in [-0.25, -0.2) is 8.42 Å². The molecule has 0 aromatic heterocycles. The Morgan fingerprint density at radius 1 is 1.00 bits per heavy atom. The van der Waals surface area contributed by atoms with Gasteiger partial charge < -0.3 is 9.80 Å². The molecule has 138 valence electrons. The Labute approximate surface area is 156 Å². The zero-order valence-electron chi connectivity index (χ0n) is 14.1. The Bertz CT molecular complexity index is 924. The zero-order chi connectivity index (χ0) is 18.9. The van der Waals surface area contributed by atoms with Crippen molar-refractivity contribution < 1.29 is 13.3 Å². The molecule has 1 aliphatic rings. The van der Waals surface area contributed by atoms with E-state index in [9.17, 15) is 18.5 Å². The van der Waals surface area contributed by atoms with E-state index < -0.39 is 14.8 Å². The molecule has 2 aromatic carbocycles. The highest BCUT2D eigenvalue weighted by Crippen LogP contribution is 2.35. The second kappa shape index (κ2) is 7.13. The number of rotatable bonds is 4. The van der Waals surface area contributed by atoms with Crippen molar-refractivity contribution in [1.29, 1.82) is 0 Å². The highest BCUT2D eigenvalue weighted by atomic mass is 35.5. The Morgan fingerprint density at radius 3 is 2.12 bits per heavy atom. The van der Waals surface area contributed by atoms with Crippen molar-refractivity contribution in [3.05, 3.63) is 57.6 Å². The second-order valence-electron chi connectivity index (χ2n) is 6.10. The summed E-state index contributed by atoms with van der Waals surface area (Å²) in [5, 5.41) is 12.2. The van der Waals surface area contributed by atoms with Gasteiger partial charge >= 0.3 is 5.69 Å². The molecule has 26 heavy (non-hydrogen) atoms. The number of piperazine rings is 1. The van der Waals surface area contributed by atoms with Gasteiger partial charge in [0.05, 0.1) is 4.92 Å². The molecule has 1 saturated heterocycles. The summed E-state index contributed by atoms with van der Waals surface area (Å²) in [4.78, 5) is 14.7. The molecular formula is C17H18ClN3O4S. The molecule has 2 aromatic rings. The topological polar surface area (TPSA) is 83.8 Å². The molecule has 0 bridgehead atoms. The number of sulfone groups is 1. The number of benzene rings is 2. The third-order valence-electron chi connectivity index (χ3n) is 4.37. The largest absolute Gasteiger partial charge is 0.368 e. The first-order chi connectivity index (χ1) is 12.3. The number of nitro benzene ring substituents is 1.